The first-order valence-corrected chi connectivity index (χ1v) is 13.2. The summed E-state index contributed by atoms with van der Waals surface area (Å²) in [5.41, 5.74) is 3.96. The van der Waals surface area contributed by atoms with Gasteiger partial charge in [0.05, 0.1) is 29.8 Å². The highest BCUT2D eigenvalue weighted by molar-refractivity contribution is 6.19. The first-order chi connectivity index (χ1) is 19.5. The highest BCUT2D eigenvalue weighted by atomic mass is 19.2. The molecule has 2 amide bonds. The molecule has 3 N–H and O–H groups in total. The summed E-state index contributed by atoms with van der Waals surface area (Å²) in [5, 5.41) is 9.09. The zero-order valence-electron chi connectivity index (χ0n) is 23.8. The number of benzene rings is 2. The normalized spacial score (nSPS) is 12.5. The van der Waals surface area contributed by atoms with E-state index < -0.39 is 29.5 Å². The van der Waals surface area contributed by atoms with Crippen molar-refractivity contribution in [3.05, 3.63) is 82.5 Å². The lowest BCUT2D eigenvalue weighted by Gasteiger charge is -2.17. The Kier molecular flexibility index (Phi) is 8.67. The Bertz CT molecular complexity index is 1750. The number of amides is 2. The van der Waals surface area contributed by atoms with Gasteiger partial charge in [0.25, 0.3) is 11.8 Å². The summed E-state index contributed by atoms with van der Waals surface area (Å²) in [5.74, 6) is 3.63. The van der Waals surface area contributed by atoms with Crippen molar-refractivity contribution in [1.82, 2.24) is 30.5 Å². The number of pyridine rings is 1. The molecule has 0 bridgehead atoms. The second-order valence-corrected chi connectivity index (χ2v) is 9.95. The van der Waals surface area contributed by atoms with Gasteiger partial charge in [0, 0.05) is 29.7 Å². The van der Waals surface area contributed by atoms with Gasteiger partial charge in [0.15, 0.2) is 11.6 Å². The van der Waals surface area contributed by atoms with E-state index in [2.05, 4.69) is 56.2 Å². The number of nitrogens with one attached hydrogen (secondary N) is 3. The highest BCUT2D eigenvalue weighted by Crippen LogP contribution is 2.28. The fourth-order valence-electron chi connectivity index (χ4n) is 4.66. The van der Waals surface area contributed by atoms with Crippen LogP contribution in [0.1, 0.15) is 56.7 Å². The van der Waals surface area contributed by atoms with Gasteiger partial charge in [-0.25, -0.2) is 13.8 Å². The van der Waals surface area contributed by atoms with Crippen molar-refractivity contribution in [3.8, 4) is 11.8 Å². The number of hydrogen-bond acceptors (Lipinski definition) is 5. The van der Waals surface area contributed by atoms with Crippen LogP contribution in [0.3, 0.4) is 0 Å². The van der Waals surface area contributed by atoms with Gasteiger partial charge in [-0.15, -0.1) is 0 Å². The first kappa shape index (κ1) is 29.2. The molecule has 2 heterocycles. The monoisotopic (exact) mass is 558 g/mol. The molecule has 1 atom stereocenters. The molecule has 1 unspecified atom stereocenters. The Morgan fingerprint density at radius 3 is 2.46 bits per heavy atom. The van der Waals surface area contributed by atoms with Crippen LogP contribution >= 0.6 is 0 Å². The van der Waals surface area contributed by atoms with E-state index in [-0.39, 0.29) is 18.2 Å². The number of fused-ring (bicyclic) bond motifs is 3. The van der Waals surface area contributed by atoms with Gasteiger partial charge >= 0.3 is 0 Å². The number of imidazole rings is 1. The molecule has 4 aromatic rings. The number of hydrogen-bond donors (Lipinski definition) is 3. The summed E-state index contributed by atoms with van der Waals surface area (Å²) in [4.78, 5) is 35.1. The van der Waals surface area contributed by atoms with E-state index in [0.29, 0.717) is 11.3 Å². The van der Waals surface area contributed by atoms with Crippen molar-refractivity contribution in [2.45, 2.75) is 46.7 Å². The van der Waals surface area contributed by atoms with Crippen molar-refractivity contribution < 1.29 is 18.4 Å². The van der Waals surface area contributed by atoms with Crippen LogP contribution in [-0.4, -0.2) is 39.9 Å². The first-order valence-electron chi connectivity index (χ1n) is 13.2. The van der Waals surface area contributed by atoms with Gasteiger partial charge in [-0.2, -0.15) is 0 Å². The topological polar surface area (TPSA) is 101 Å². The number of carbonyl (C=O) groups is 2. The number of aryl methyl sites for hydroxylation is 1. The van der Waals surface area contributed by atoms with E-state index >= 15 is 0 Å². The largest absolute Gasteiger partial charge is 0.391 e. The number of halogens is 2. The Labute approximate surface area is 237 Å². The molecule has 0 saturated heterocycles. The second kappa shape index (κ2) is 12.2. The molecule has 8 nitrogen and oxygen atoms in total. The smallest absolute Gasteiger partial charge is 0.259 e. The third kappa shape index (κ3) is 6.19. The van der Waals surface area contributed by atoms with Crippen LogP contribution in [-0.2, 0) is 9.59 Å². The Hall–Kier alpha value is -4.78. The summed E-state index contributed by atoms with van der Waals surface area (Å²) in [7, 11) is 1.59. The lowest BCUT2D eigenvalue weighted by Crippen LogP contribution is -2.38. The average molecular weight is 559 g/mol. The molecular weight excluding hydrogens is 526 g/mol. The average Bonchev–Trinajstić information content (AvgIpc) is 3.29. The van der Waals surface area contributed by atoms with Crippen LogP contribution in [0.25, 0.3) is 21.9 Å². The number of nitrogens with zero attached hydrogens (tertiary/aromatic N) is 3. The van der Waals surface area contributed by atoms with Crippen molar-refractivity contribution in [2.24, 2.45) is 0 Å². The highest BCUT2D eigenvalue weighted by Gasteiger charge is 2.23. The fraction of sp³-hybridized carbons (Fsp3) is 0.290. The zero-order valence-corrected chi connectivity index (χ0v) is 23.8. The lowest BCUT2D eigenvalue weighted by atomic mass is 10.1. The maximum Gasteiger partial charge on any atom is 0.259 e. The van der Waals surface area contributed by atoms with Crippen molar-refractivity contribution in [2.75, 3.05) is 13.6 Å². The van der Waals surface area contributed by atoms with Crippen LogP contribution in [0.15, 0.2) is 53.9 Å². The van der Waals surface area contributed by atoms with Crippen LogP contribution in [0.2, 0.25) is 0 Å². The molecule has 2 aromatic carbocycles. The number of allylic oxidation sites excluding steroid dienone is 1. The molecule has 212 valence electrons. The minimum atomic E-state index is -1.02. The molecule has 0 spiro atoms. The molecule has 0 saturated carbocycles. The van der Waals surface area contributed by atoms with E-state index in [9.17, 15) is 18.4 Å². The predicted molar refractivity (Wildman–Crippen MR) is 155 cm³/mol. The SMILES string of the molecule is CN/C(C)=C(/C(=O)NCC#Cc1ccc2ncc3nc(C)n(C(C)C)c3c2c1)C(=O)NC(C)c1ccc(F)c(F)c1. The van der Waals surface area contributed by atoms with Gasteiger partial charge in [-0.3, -0.25) is 14.6 Å². The van der Waals surface area contributed by atoms with Crippen molar-refractivity contribution >= 4 is 33.8 Å². The molecule has 10 heteroatoms. The molecule has 0 aliphatic rings. The van der Waals surface area contributed by atoms with Crippen LogP contribution in [0.5, 0.6) is 0 Å². The summed E-state index contributed by atoms with van der Waals surface area (Å²) in [6.45, 7) is 9.39. The van der Waals surface area contributed by atoms with Crippen LogP contribution < -0.4 is 16.0 Å². The van der Waals surface area contributed by atoms with Gasteiger partial charge in [0.1, 0.15) is 16.9 Å². The van der Waals surface area contributed by atoms with Gasteiger partial charge in [-0.1, -0.05) is 17.9 Å². The van der Waals surface area contributed by atoms with E-state index in [4.69, 9.17) is 0 Å². The summed E-state index contributed by atoms with van der Waals surface area (Å²) < 4.78 is 29.1. The maximum absolute atomic E-state index is 13.6. The van der Waals surface area contributed by atoms with E-state index in [1.54, 1.807) is 27.1 Å². The van der Waals surface area contributed by atoms with Crippen molar-refractivity contribution in [1.29, 1.82) is 0 Å². The minimum Gasteiger partial charge on any atom is -0.391 e. The number of carbonyl (C=O) groups excluding carboxylic acids is 2. The standard InChI is InChI=1S/C31H32F2N6O2/c1-17(2)39-20(5)38-27-16-36-26-12-9-21(14-23(26)29(27)39)8-7-13-35-30(40)28(19(4)34-6)31(41)37-18(3)22-10-11-24(32)25(33)15-22/h9-12,14-18,34H,13H2,1-6H3,(H,35,40)(H,37,41)/b28-19-. The Morgan fingerprint density at radius 1 is 1.02 bits per heavy atom. The molecule has 4 rings (SSSR count). The van der Waals surface area contributed by atoms with E-state index in [0.717, 1.165) is 45.5 Å². The summed E-state index contributed by atoms with van der Waals surface area (Å²) >= 11 is 0. The van der Waals surface area contributed by atoms with E-state index in [1.165, 1.54) is 6.07 Å². The molecule has 41 heavy (non-hydrogen) atoms. The molecular formula is C31H32F2N6O2. The predicted octanol–water partition coefficient (Wildman–Crippen LogP) is 4.59. The third-order valence-electron chi connectivity index (χ3n) is 6.77. The minimum absolute atomic E-state index is 0.00510. The van der Waals surface area contributed by atoms with Crippen LogP contribution in [0.4, 0.5) is 8.78 Å². The molecule has 0 aliphatic heterocycles. The molecule has 0 fully saturated rings. The zero-order chi connectivity index (χ0) is 29.8. The summed E-state index contributed by atoms with van der Waals surface area (Å²) in [6.07, 6.45) is 1.78. The number of aromatic nitrogens is 3. The maximum atomic E-state index is 13.6. The summed E-state index contributed by atoms with van der Waals surface area (Å²) in [6, 6.07) is 8.65. The molecule has 0 aliphatic carbocycles. The Balaban J connectivity index is 1.50. The van der Waals surface area contributed by atoms with Gasteiger partial charge in [0.2, 0.25) is 0 Å². The van der Waals surface area contributed by atoms with Gasteiger partial charge < -0.3 is 20.5 Å². The second-order valence-electron chi connectivity index (χ2n) is 9.95. The molecule has 2 aromatic heterocycles. The molecule has 0 radical (unpaired) electrons. The van der Waals surface area contributed by atoms with Gasteiger partial charge in [-0.05, 0) is 70.5 Å². The quantitative estimate of drug-likeness (QED) is 0.133. The Morgan fingerprint density at radius 2 is 1.78 bits per heavy atom. The third-order valence-corrected chi connectivity index (χ3v) is 6.77. The van der Waals surface area contributed by atoms with Crippen molar-refractivity contribution in [3.63, 3.8) is 0 Å². The van der Waals surface area contributed by atoms with E-state index in [1.807, 2.05) is 25.1 Å². The number of rotatable bonds is 7. The fourth-order valence-corrected chi connectivity index (χ4v) is 4.66. The lowest BCUT2D eigenvalue weighted by molar-refractivity contribution is -0.123. The van der Waals surface area contributed by atoms with Crippen LogP contribution in [0, 0.1) is 30.4 Å².